The lowest BCUT2D eigenvalue weighted by molar-refractivity contribution is 0.589. The van der Waals surface area contributed by atoms with Crippen molar-refractivity contribution in [1.82, 2.24) is 4.98 Å². The van der Waals surface area contributed by atoms with Gasteiger partial charge in [-0.15, -0.1) is 0 Å². The molecule has 1 heterocycles. The quantitative estimate of drug-likeness (QED) is 0.677. The van der Waals surface area contributed by atoms with E-state index >= 15 is 0 Å². The van der Waals surface area contributed by atoms with E-state index in [2.05, 4.69) is 4.98 Å². The van der Waals surface area contributed by atoms with Gasteiger partial charge in [0.05, 0.1) is 11.1 Å². The minimum Gasteiger partial charge on any atom is -0.260 e. The number of aryl methyl sites for hydroxylation is 1. The molecule has 1 aromatic heterocycles. The lowest BCUT2D eigenvalue weighted by atomic mass is 9.90. The molecule has 112 valence electrons. The number of halogens is 2. The number of hydrogen-bond donors (Lipinski definition) is 0. The van der Waals surface area contributed by atoms with E-state index in [0.717, 1.165) is 5.56 Å². The third-order valence-corrected chi connectivity index (χ3v) is 3.66. The van der Waals surface area contributed by atoms with Crippen LogP contribution in [0, 0.1) is 29.9 Å². The lowest BCUT2D eigenvalue weighted by Crippen LogP contribution is -2.00. The van der Waals surface area contributed by atoms with Crippen LogP contribution in [0.2, 0.25) is 0 Å². The summed E-state index contributed by atoms with van der Waals surface area (Å²) < 4.78 is 28.6. The summed E-state index contributed by atoms with van der Waals surface area (Å²) in [6.07, 6.45) is 1.35. The van der Waals surface area contributed by atoms with Crippen LogP contribution in [-0.2, 0) is 0 Å². The minimum atomic E-state index is -0.704. The Kier molecular flexibility index (Phi) is 3.86. The van der Waals surface area contributed by atoms with Crippen LogP contribution >= 0.6 is 0 Å². The van der Waals surface area contributed by atoms with Gasteiger partial charge in [0.1, 0.15) is 17.7 Å². The van der Waals surface area contributed by atoms with Crippen LogP contribution in [0.15, 0.2) is 54.7 Å². The molecule has 0 bridgehead atoms. The van der Waals surface area contributed by atoms with E-state index < -0.39 is 11.6 Å². The molecule has 0 saturated carbocycles. The first kappa shape index (κ1) is 14.9. The molecule has 0 saturated heterocycles. The van der Waals surface area contributed by atoms with E-state index in [1.165, 1.54) is 24.4 Å². The normalized spacial score (nSPS) is 10.3. The standard InChI is InChI=1S/C19H12F2N2/c1-12-17(13-6-3-2-4-7-13)18(14(10-22)11-23-12)19-15(20)8-5-9-16(19)21/h2-9,11H,1H3. The van der Waals surface area contributed by atoms with Crippen molar-refractivity contribution in [3.05, 3.63) is 77.6 Å². The van der Waals surface area contributed by atoms with Gasteiger partial charge in [-0.2, -0.15) is 5.26 Å². The highest BCUT2D eigenvalue weighted by Crippen LogP contribution is 2.38. The van der Waals surface area contributed by atoms with Gasteiger partial charge in [0.25, 0.3) is 0 Å². The summed E-state index contributed by atoms with van der Waals surface area (Å²) >= 11 is 0. The predicted molar refractivity (Wildman–Crippen MR) is 84.5 cm³/mol. The molecule has 0 fully saturated rings. The lowest BCUT2D eigenvalue weighted by Gasteiger charge is -2.15. The molecule has 4 heteroatoms. The topological polar surface area (TPSA) is 36.7 Å². The van der Waals surface area contributed by atoms with E-state index in [0.29, 0.717) is 11.3 Å². The van der Waals surface area contributed by atoms with E-state index in [1.54, 1.807) is 6.92 Å². The zero-order valence-corrected chi connectivity index (χ0v) is 12.3. The molecule has 0 spiro atoms. The third kappa shape index (κ3) is 2.58. The summed E-state index contributed by atoms with van der Waals surface area (Å²) in [4.78, 5) is 4.20. The number of rotatable bonds is 2. The predicted octanol–water partition coefficient (Wildman–Crippen LogP) is 4.87. The number of aromatic nitrogens is 1. The highest BCUT2D eigenvalue weighted by Gasteiger charge is 2.21. The second kappa shape index (κ2) is 5.98. The van der Waals surface area contributed by atoms with Gasteiger partial charge in [-0.1, -0.05) is 36.4 Å². The molecule has 2 aromatic carbocycles. The van der Waals surface area contributed by atoms with Crippen molar-refractivity contribution in [2.75, 3.05) is 0 Å². The van der Waals surface area contributed by atoms with Crippen molar-refractivity contribution in [2.45, 2.75) is 6.92 Å². The second-order valence-corrected chi connectivity index (χ2v) is 5.08. The Morgan fingerprint density at radius 1 is 0.870 bits per heavy atom. The maximum atomic E-state index is 14.3. The van der Waals surface area contributed by atoms with Gasteiger partial charge in [0.15, 0.2) is 0 Å². The zero-order valence-electron chi connectivity index (χ0n) is 12.3. The largest absolute Gasteiger partial charge is 0.260 e. The van der Waals surface area contributed by atoms with Crippen LogP contribution in [0.25, 0.3) is 22.3 Å². The van der Waals surface area contributed by atoms with Crippen molar-refractivity contribution in [3.8, 4) is 28.3 Å². The molecule has 0 unspecified atom stereocenters. The van der Waals surface area contributed by atoms with E-state index in [1.807, 2.05) is 36.4 Å². The van der Waals surface area contributed by atoms with Crippen molar-refractivity contribution >= 4 is 0 Å². The molecular weight excluding hydrogens is 294 g/mol. The maximum Gasteiger partial charge on any atom is 0.134 e. The summed E-state index contributed by atoms with van der Waals surface area (Å²) in [6, 6.07) is 14.8. The van der Waals surface area contributed by atoms with Gasteiger partial charge in [-0.3, -0.25) is 4.98 Å². The van der Waals surface area contributed by atoms with E-state index in [-0.39, 0.29) is 16.7 Å². The van der Waals surface area contributed by atoms with Crippen LogP contribution in [0.4, 0.5) is 8.78 Å². The molecule has 0 aliphatic carbocycles. The van der Waals surface area contributed by atoms with Gasteiger partial charge >= 0.3 is 0 Å². The molecule has 0 atom stereocenters. The minimum absolute atomic E-state index is 0.137. The first-order chi connectivity index (χ1) is 11.1. The fraction of sp³-hybridized carbons (Fsp3) is 0.0526. The molecule has 0 amide bonds. The van der Waals surface area contributed by atoms with Gasteiger partial charge in [0, 0.05) is 23.0 Å². The van der Waals surface area contributed by atoms with Gasteiger partial charge in [-0.05, 0) is 24.6 Å². The van der Waals surface area contributed by atoms with Crippen molar-refractivity contribution < 1.29 is 8.78 Å². The van der Waals surface area contributed by atoms with Crippen molar-refractivity contribution in [1.29, 1.82) is 5.26 Å². The fourth-order valence-electron chi connectivity index (χ4n) is 2.65. The summed E-state index contributed by atoms with van der Waals surface area (Å²) in [7, 11) is 0. The van der Waals surface area contributed by atoms with Gasteiger partial charge in [0.2, 0.25) is 0 Å². The van der Waals surface area contributed by atoms with Crippen LogP contribution in [0.1, 0.15) is 11.3 Å². The number of nitriles is 1. The summed E-state index contributed by atoms with van der Waals surface area (Å²) in [5, 5.41) is 9.39. The van der Waals surface area contributed by atoms with E-state index in [9.17, 15) is 14.0 Å². The molecule has 0 aliphatic rings. The van der Waals surface area contributed by atoms with Crippen LogP contribution in [0.5, 0.6) is 0 Å². The highest BCUT2D eigenvalue weighted by atomic mass is 19.1. The van der Waals surface area contributed by atoms with Crippen molar-refractivity contribution in [2.24, 2.45) is 0 Å². The average Bonchev–Trinajstić information content (AvgIpc) is 2.56. The van der Waals surface area contributed by atoms with E-state index in [4.69, 9.17) is 0 Å². The second-order valence-electron chi connectivity index (χ2n) is 5.08. The first-order valence-electron chi connectivity index (χ1n) is 7.03. The van der Waals surface area contributed by atoms with Crippen LogP contribution < -0.4 is 0 Å². The molecule has 0 aliphatic heterocycles. The smallest absolute Gasteiger partial charge is 0.134 e. The Hall–Kier alpha value is -3.06. The fourth-order valence-corrected chi connectivity index (χ4v) is 2.65. The summed E-state index contributed by atoms with van der Waals surface area (Å²) in [5.41, 5.74) is 2.10. The molecule has 23 heavy (non-hydrogen) atoms. The van der Waals surface area contributed by atoms with Gasteiger partial charge in [-0.25, -0.2) is 8.78 Å². The number of hydrogen-bond acceptors (Lipinski definition) is 2. The summed E-state index contributed by atoms with van der Waals surface area (Å²) in [6.45, 7) is 1.76. The molecule has 3 rings (SSSR count). The van der Waals surface area contributed by atoms with Crippen LogP contribution in [0.3, 0.4) is 0 Å². The molecule has 0 N–H and O–H groups in total. The average molecular weight is 306 g/mol. The highest BCUT2D eigenvalue weighted by molar-refractivity contribution is 5.88. The van der Waals surface area contributed by atoms with Crippen LogP contribution in [-0.4, -0.2) is 4.98 Å². The summed E-state index contributed by atoms with van der Waals surface area (Å²) in [5.74, 6) is -1.41. The third-order valence-electron chi connectivity index (χ3n) is 3.66. The molecule has 0 radical (unpaired) electrons. The molecular formula is C19H12F2N2. The molecule has 2 nitrogen and oxygen atoms in total. The Bertz CT molecular complexity index is 892. The Labute approximate surface area is 132 Å². The zero-order chi connectivity index (χ0) is 16.4. The van der Waals surface area contributed by atoms with Crippen molar-refractivity contribution in [3.63, 3.8) is 0 Å². The number of benzene rings is 2. The Morgan fingerprint density at radius 3 is 2.13 bits per heavy atom. The number of nitrogens with zero attached hydrogens (tertiary/aromatic N) is 2. The molecule has 3 aromatic rings. The van der Waals surface area contributed by atoms with Gasteiger partial charge < -0.3 is 0 Å². The monoisotopic (exact) mass is 306 g/mol. The first-order valence-corrected chi connectivity index (χ1v) is 7.03. The SMILES string of the molecule is Cc1ncc(C#N)c(-c2c(F)cccc2F)c1-c1ccccc1. The Morgan fingerprint density at radius 2 is 1.52 bits per heavy atom. The number of pyridine rings is 1. The Balaban J connectivity index is 2.45. The maximum absolute atomic E-state index is 14.3.